The number of para-hydroxylation sites is 2. The van der Waals surface area contributed by atoms with Crippen LogP contribution in [0.3, 0.4) is 0 Å². The van der Waals surface area contributed by atoms with Crippen molar-refractivity contribution >= 4 is 43.5 Å². The number of benzene rings is 7. The van der Waals surface area contributed by atoms with E-state index < -0.39 is 0 Å². The van der Waals surface area contributed by atoms with Crippen LogP contribution in [0, 0.1) is 0 Å². The molecule has 50 heavy (non-hydrogen) atoms. The van der Waals surface area contributed by atoms with Gasteiger partial charge in [-0.1, -0.05) is 127 Å². The van der Waals surface area contributed by atoms with Gasteiger partial charge in [0, 0.05) is 55.8 Å². The number of hydrogen-bond acceptors (Lipinski definition) is 2. The molecule has 0 unspecified atom stereocenters. The maximum absolute atomic E-state index is 5.06. The SMILES string of the molecule is c1ccc(-c2cc(-c3ccc(-n4c5ccccc5c5c6c(ccc7ccn(-c8ccccc8)c76)ccc54)cc3)nc(-c3ccccc3)n2)cc1. The Bertz CT molecular complexity index is 2770. The maximum Gasteiger partial charge on any atom is 0.160 e. The minimum Gasteiger partial charge on any atom is -0.316 e. The van der Waals surface area contributed by atoms with E-state index >= 15 is 0 Å². The number of aromatic nitrogens is 4. The Kier molecular flexibility index (Phi) is 6.46. The lowest BCUT2D eigenvalue weighted by Gasteiger charge is -2.12. The molecule has 0 atom stereocenters. The van der Waals surface area contributed by atoms with Crippen molar-refractivity contribution in [2.45, 2.75) is 0 Å². The predicted octanol–water partition coefficient (Wildman–Crippen LogP) is 11.7. The van der Waals surface area contributed by atoms with Gasteiger partial charge in [0.25, 0.3) is 0 Å². The van der Waals surface area contributed by atoms with Gasteiger partial charge in [0.2, 0.25) is 0 Å². The van der Waals surface area contributed by atoms with Gasteiger partial charge in [-0.2, -0.15) is 0 Å². The van der Waals surface area contributed by atoms with Gasteiger partial charge in [0.1, 0.15) is 0 Å². The second-order valence-corrected chi connectivity index (χ2v) is 12.7. The average Bonchev–Trinajstić information content (AvgIpc) is 3.79. The van der Waals surface area contributed by atoms with Gasteiger partial charge in [0.05, 0.1) is 27.9 Å². The summed E-state index contributed by atoms with van der Waals surface area (Å²) in [6.45, 7) is 0. The third-order valence-electron chi connectivity index (χ3n) is 9.75. The fourth-order valence-electron chi connectivity index (χ4n) is 7.43. The van der Waals surface area contributed by atoms with Crippen LogP contribution in [0.5, 0.6) is 0 Å². The van der Waals surface area contributed by atoms with Crippen LogP contribution in [0.1, 0.15) is 0 Å². The summed E-state index contributed by atoms with van der Waals surface area (Å²) < 4.78 is 4.72. The Hall–Kier alpha value is -6.78. The minimum atomic E-state index is 0.715. The van der Waals surface area contributed by atoms with Crippen LogP contribution in [0.25, 0.3) is 88.8 Å². The van der Waals surface area contributed by atoms with Gasteiger partial charge >= 0.3 is 0 Å². The topological polar surface area (TPSA) is 35.6 Å². The third-order valence-corrected chi connectivity index (χ3v) is 9.75. The average molecular weight is 639 g/mol. The Morgan fingerprint density at radius 3 is 1.74 bits per heavy atom. The Morgan fingerprint density at radius 1 is 0.400 bits per heavy atom. The first-order chi connectivity index (χ1) is 24.8. The molecule has 0 amide bonds. The monoisotopic (exact) mass is 638 g/mol. The van der Waals surface area contributed by atoms with E-state index in [1.54, 1.807) is 0 Å². The van der Waals surface area contributed by atoms with Crippen LogP contribution in [-0.4, -0.2) is 19.1 Å². The third kappa shape index (κ3) is 4.54. The molecule has 0 saturated carbocycles. The van der Waals surface area contributed by atoms with Crippen molar-refractivity contribution in [3.8, 4) is 45.3 Å². The van der Waals surface area contributed by atoms with Gasteiger partial charge in [-0.3, -0.25) is 0 Å². The van der Waals surface area contributed by atoms with Gasteiger partial charge in [-0.15, -0.1) is 0 Å². The van der Waals surface area contributed by atoms with Crippen LogP contribution in [-0.2, 0) is 0 Å². The van der Waals surface area contributed by atoms with E-state index in [4.69, 9.17) is 9.97 Å². The predicted molar refractivity (Wildman–Crippen MR) is 207 cm³/mol. The summed E-state index contributed by atoms with van der Waals surface area (Å²) in [5, 5.41) is 6.22. The van der Waals surface area contributed by atoms with Crippen molar-refractivity contribution in [3.63, 3.8) is 0 Å². The van der Waals surface area contributed by atoms with Gasteiger partial charge in [0.15, 0.2) is 5.82 Å². The summed E-state index contributed by atoms with van der Waals surface area (Å²) in [4.78, 5) is 10.0. The quantitative estimate of drug-likeness (QED) is 0.188. The molecule has 0 spiro atoms. The number of fused-ring (bicyclic) bond motifs is 7. The summed E-state index contributed by atoms with van der Waals surface area (Å²) in [7, 11) is 0. The number of hydrogen-bond donors (Lipinski definition) is 0. The highest BCUT2D eigenvalue weighted by Gasteiger charge is 2.18. The van der Waals surface area contributed by atoms with E-state index in [1.807, 2.05) is 36.4 Å². The fourth-order valence-corrected chi connectivity index (χ4v) is 7.43. The Balaban J connectivity index is 1.16. The van der Waals surface area contributed by atoms with E-state index in [1.165, 1.54) is 43.5 Å². The van der Waals surface area contributed by atoms with Crippen molar-refractivity contribution in [2.75, 3.05) is 0 Å². The van der Waals surface area contributed by atoms with Crippen molar-refractivity contribution in [1.82, 2.24) is 19.1 Å². The molecule has 3 aromatic heterocycles. The molecule has 0 aliphatic carbocycles. The van der Waals surface area contributed by atoms with Crippen LogP contribution in [0.15, 0.2) is 182 Å². The normalized spacial score (nSPS) is 11.6. The molecule has 234 valence electrons. The van der Waals surface area contributed by atoms with E-state index in [9.17, 15) is 0 Å². The molecule has 10 rings (SSSR count). The molecule has 0 saturated heterocycles. The molecule has 0 bridgehead atoms. The molecule has 4 nitrogen and oxygen atoms in total. The van der Waals surface area contributed by atoms with E-state index in [0.29, 0.717) is 5.82 Å². The highest BCUT2D eigenvalue weighted by molar-refractivity contribution is 6.27. The highest BCUT2D eigenvalue weighted by atomic mass is 15.0. The van der Waals surface area contributed by atoms with Crippen LogP contribution >= 0.6 is 0 Å². The summed E-state index contributed by atoms with van der Waals surface area (Å²) in [5.74, 6) is 0.715. The first kappa shape index (κ1) is 28.3. The van der Waals surface area contributed by atoms with E-state index in [2.05, 4.69) is 155 Å². The van der Waals surface area contributed by atoms with Crippen molar-refractivity contribution < 1.29 is 0 Å². The van der Waals surface area contributed by atoms with Gasteiger partial charge in [-0.25, -0.2) is 9.97 Å². The van der Waals surface area contributed by atoms with Crippen molar-refractivity contribution in [3.05, 3.63) is 182 Å². The molecule has 10 aromatic rings. The Labute approximate surface area is 289 Å². The lowest BCUT2D eigenvalue weighted by molar-refractivity contribution is 1.13. The zero-order valence-corrected chi connectivity index (χ0v) is 27.1. The molecule has 0 aliphatic rings. The van der Waals surface area contributed by atoms with E-state index in [-0.39, 0.29) is 0 Å². The van der Waals surface area contributed by atoms with Crippen LogP contribution < -0.4 is 0 Å². The maximum atomic E-state index is 5.06. The molecular formula is C46H30N4. The smallest absolute Gasteiger partial charge is 0.160 e. The molecule has 0 N–H and O–H groups in total. The standard InChI is InChI=1S/C46H30N4/c1-4-12-31(13-5-1)39-30-40(48-46(47-39)35-14-6-2-7-15-35)32-22-25-37(26-23-32)50-41-19-11-10-18-38(41)44-42(50)27-24-33-20-21-34-28-29-49(45(34)43(33)44)36-16-8-3-9-17-36/h1-30H. The summed E-state index contributed by atoms with van der Waals surface area (Å²) in [6.07, 6.45) is 2.19. The molecule has 0 radical (unpaired) electrons. The second-order valence-electron chi connectivity index (χ2n) is 12.7. The summed E-state index contributed by atoms with van der Waals surface area (Å²) in [6, 6.07) is 62.0. The molecule has 4 heteroatoms. The zero-order chi connectivity index (χ0) is 33.0. The first-order valence-corrected chi connectivity index (χ1v) is 16.9. The molecule has 0 fully saturated rings. The van der Waals surface area contributed by atoms with Crippen molar-refractivity contribution in [1.29, 1.82) is 0 Å². The minimum absolute atomic E-state index is 0.715. The fraction of sp³-hybridized carbons (Fsp3) is 0. The largest absolute Gasteiger partial charge is 0.316 e. The molecule has 7 aromatic carbocycles. The number of rotatable bonds is 5. The Morgan fingerprint density at radius 2 is 1.00 bits per heavy atom. The number of nitrogens with zero attached hydrogens (tertiary/aromatic N) is 4. The summed E-state index contributed by atoms with van der Waals surface area (Å²) >= 11 is 0. The van der Waals surface area contributed by atoms with Crippen LogP contribution in [0.4, 0.5) is 0 Å². The van der Waals surface area contributed by atoms with Gasteiger partial charge in [-0.05, 0) is 53.9 Å². The second kappa shape index (κ2) is 11.4. The molecule has 0 aliphatic heterocycles. The van der Waals surface area contributed by atoms with Crippen molar-refractivity contribution in [2.24, 2.45) is 0 Å². The lowest BCUT2D eigenvalue weighted by atomic mass is 10.0. The molecular weight excluding hydrogens is 609 g/mol. The van der Waals surface area contributed by atoms with E-state index in [0.717, 1.165) is 39.5 Å². The lowest BCUT2D eigenvalue weighted by Crippen LogP contribution is -1.97. The summed E-state index contributed by atoms with van der Waals surface area (Å²) in [5.41, 5.74) is 10.7. The highest BCUT2D eigenvalue weighted by Crippen LogP contribution is 2.41. The molecule has 3 heterocycles. The van der Waals surface area contributed by atoms with Gasteiger partial charge < -0.3 is 9.13 Å². The zero-order valence-electron chi connectivity index (χ0n) is 27.1. The van der Waals surface area contributed by atoms with Crippen LogP contribution in [0.2, 0.25) is 0 Å². The first-order valence-electron chi connectivity index (χ1n) is 16.9.